The lowest BCUT2D eigenvalue weighted by atomic mass is 9.96. The normalized spacial score (nSPS) is 11.3. The van der Waals surface area contributed by atoms with Crippen molar-refractivity contribution in [2.24, 2.45) is 5.10 Å². The minimum absolute atomic E-state index is 0.129. The lowest BCUT2D eigenvalue weighted by Gasteiger charge is -2.17. The number of hydrogen-bond acceptors (Lipinski definition) is 8. The van der Waals surface area contributed by atoms with Gasteiger partial charge in [0, 0.05) is 24.1 Å². The smallest absolute Gasteiger partial charge is 0.312 e. The molecule has 0 saturated carbocycles. The van der Waals surface area contributed by atoms with Crippen LogP contribution in [0.5, 0.6) is 11.5 Å². The molecular weight excluding hydrogens is 488 g/mol. The van der Waals surface area contributed by atoms with E-state index in [4.69, 9.17) is 14.5 Å². The van der Waals surface area contributed by atoms with Gasteiger partial charge >= 0.3 is 11.7 Å². The maximum atomic E-state index is 13.6. The molecule has 0 bridgehead atoms. The third kappa shape index (κ3) is 5.01. The summed E-state index contributed by atoms with van der Waals surface area (Å²) in [5.41, 5.74) is 2.23. The molecule has 0 spiro atoms. The van der Waals surface area contributed by atoms with Gasteiger partial charge in [-0.15, -0.1) is 0 Å². The third-order valence-corrected chi connectivity index (χ3v) is 5.97. The number of hydrogen-bond donors (Lipinski definition) is 0. The van der Waals surface area contributed by atoms with Crippen molar-refractivity contribution in [1.29, 1.82) is 0 Å². The van der Waals surface area contributed by atoms with Crippen molar-refractivity contribution in [1.82, 2.24) is 9.66 Å². The second kappa shape index (κ2) is 10.6. The topological polar surface area (TPSA) is 126 Å². The lowest BCUT2D eigenvalue weighted by Crippen LogP contribution is -2.21. The van der Waals surface area contributed by atoms with Gasteiger partial charge in [-0.1, -0.05) is 32.0 Å². The summed E-state index contributed by atoms with van der Waals surface area (Å²) in [6.07, 6.45) is 1.24. The largest absolute Gasteiger partial charge is 0.496 e. The van der Waals surface area contributed by atoms with Crippen molar-refractivity contribution in [2.45, 2.75) is 33.6 Å². The molecule has 0 N–H and O–H groups in total. The molecule has 0 amide bonds. The van der Waals surface area contributed by atoms with Crippen molar-refractivity contribution in [3.05, 3.63) is 91.8 Å². The Balaban J connectivity index is 2.00. The Morgan fingerprint density at radius 1 is 1.16 bits per heavy atom. The standard InChI is InChI=1S/C28H26N4O6/c1-16(2)21-14-22(17(3)13-25(21)37-5)27-30-23-11-7-6-10-20(23)28(34)31(27)29-15-19-9-8-12-24(32(35)36)26(19)38-18(4)33/h6-16H,1-5H3. The molecule has 0 aliphatic carbocycles. The van der Waals surface area contributed by atoms with Gasteiger partial charge in [-0.05, 0) is 54.3 Å². The monoisotopic (exact) mass is 514 g/mol. The summed E-state index contributed by atoms with van der Waals surface area (Å²) in [6.45, 7) is 7.10. The van der Waals surface area contributed by atoms with Gasteiger partial charge in [0.15, 0.2) is 5.82 Å². The molecule has 3 aromatic carbocycles. The van der Waals surface area contributed by atoms with E-state index in [-0.39, 0.29) is 23.1 Å². The van der Waals surface area contributed by atoms with E-state index in [9.17, 15) is 19.7 Å². The molecule has 4 aromatic rings. The fourth-order valence-corrected chi connectivity index (χ4v) is 4.13. The Morgan fingerprint density at radius 2 is 1.89 bits per heavy atom. The zero-order valence-electron chi connectivity index (χ0n) is 21.6. The average molecular weight is 515 g/mol. The van der Waals surface area contributed by atoms with E-state index in [2.05, 4.69) is 5.10 Å². The fraction of sp³-hybridized carbons (Fsp3) is 0.214. The van der Waals surface area contributed by atoms with Crippen LogP contribution in [0.4, 0.5) is 5.69 Å². The second-order valence-corrected chi connectivity index (χ2v) is 8.92. The van der Waals surface area contributed by atoms with Crippen LogP contribution in [0.2, 0.25) is 0 Å². The first-order chi connectivity index (χ1) is 18.1. The zero-order chi connectivity index (χ0) is 27.6. The van der Waals surface area contributed by atoms with E-state index >= 15 is 0 Å². The number of ether oxygens (including phenoxy) is 2. The number of methoxy groups -OCH3 is 1. The Morgan fingerprint density at radius 3 is 2.55 bits per heavy atom. The molecule has 10 heteroatoms. The zero-order valence-corrected chi connectivity index (χ0v) is 21.6. The average Bonchev–Trinajstić information content (AvgIpc) is 2.88. The van der Waals surface area contributed by atoms with E-state index in [1.807, 2.05) is 32.9 Å². The van der Waals surface area contributed by atoms with Crippen molar-refractivity contribution in [3.63, 3.8) is 0 Å². The SMILES string of the molecule is COc1cc(C)c(-c2nc3ccccc3c(=O)n2N=Cc2cccc([N+](=O)[O-])c2OC(C)=O)cc1C(C)C. The van der Waals surface area contributed by atoms with Gasteiger partial charge in [-0.3, -0.25) is 19.7 Å². The molecule has 0 aliphatic rings. The van der Waals surface area contributed by atoms with Crippen LogP contribution in [0, 0.1) is 17.0 Å². The van der Waals surface area contributed by atoms with Gasteiger partial charge in [0.05, 0.1) is 29.2 Å². The van der Waals surface area contributed by atoms with Gasteiger partial charge in [-0.25, -0.2) is 4.98 Å². The number of aromatic nitrogens is 2. The van der Waals surface area contributed by atoms with Crippen LogP contribution < -0.4 is 15.0 Å². The van der Waals surface area contributed by atoms with E-state index < -0.39 is 22.1 Å². The van der Waals surface area contributed by atoms with Crippen LogP contribution >= 0.6 is 0 Å². The van der Waals surface area contributed by atoms with Crippen molar-refractivity contribution >= 4 is 28.8 Å². The Hall–Kier alpha value is -4.86. The molecule has 38 heavy (non-hydrogen) atoms. The number of nitro benzene ring substituents is 1. The highest BCUT2D eigenvalue weighted by molar-refractivity contribution is 5.88. The highest BCUT2D eigenvalue weighted by atomic mass is 16.6. The minimum atomic E-state index is -0.728. The molecule has 0 saturated heterocycles. The van der Waals surface area contributed by atoms with Gasteiger partial charge in [0.25, 0.3) is 5.56 Å². The molecule has 0 fully saturated rings. The third-order valence-electron chi connectivity index (χ3n) is 5.97. The maximum Gasteiger partial charge on any atom is 0.312 e. The highest BCUT2D eigenvalue weighted by Crippen LogP contribution is 2.34. The number of carbonyl (C=O) groups excluding carboxylic acids is 1. The number of aryl methyl sites for hydroxylation is 1. The van der Waals surface area contributed by atoms with Crippen molar-refractivity contribution < 1.29 is 19.2 Å². The molecule has 10 nitrogen and oxygen atoms in total. The summed E-state index contributed by atoms with van der Waals surface area (Å²) in [6, 6.07) is 14.9. The van der Waals surface area contributed by atoms with E-state index in [1.165, 1.54) is 24.4 Å². The number of carbonyl (C=O) groups is 1. The van der Waals surface area contributed by atoms with Gasteiger partial charge in [0.2, 0.25) is 5.75 Å². The predicted molar refractivity (Wildman–Crippen MR) is 144 cm³/mol. The van der Waals surface area contributed by atoms with Crippen molar-refractivity contribution in [2.75, 3.05) is 7.11 Å². The summed E-state index contributed by atoms with van der Waals surface area (Å²) in [5.74, 6) is 0.146. The molecule has 1 heterocycles. The summed E-state index contributed by atoms with van der Waals surface area (Å²) in [5, 5.41) is 16.3. The Kier molecular flexibility index (Phi) is 7.33. The molecule has 194 valence electrons. The number of benzene rings is 3. The second-order valence-electron chi connectivity index (χ2n) is 8.92. The first kappa shape index (κ1) is 26.2. The van der Waals surface area contributed by atoms with E-state index in [0.29, 0.717) is 16.5 Å². The number of esters is 1. The van der Waals surface area contributed by atoms with Crippen LogP contribution in [0.25, 0.3) is 22.3 Å². The molecule has 1 aromatic heterocycles. The minimum Gasteiger partial charge on any atom is -0.496 e. The van der Waals surface area contributed by atoms with Gasteiger partial charge < -0.3 is 9.47 Å². The van der Waals surface area contributed by atoms with Crippen LogP contribution in [0.15, 0.2) is 64.5 Å². The number of rotatable bonds is 7. The lowest BCUT2D eigenvalue weighted by molar-refractivity contribution is -0.385. The maximum absolute atomic E-state index is 13.6. The first-order valence-corrected chi connectivity index (χ1v) is 11.8. The van der Waals surface area contributed by atoms with Crippen LogP contribution in [-0.2, 0) is 4.79 Å². The number of para-hydroxylation sites is 2. The Labute approximate surface area is 218 Å². The van der Waals surface area contributed by atoms with E-state index in [0.717, 1.165) is 28.5 Å². The van der Waals surface area contributed by atoms with Gasteiger partial charge in [0.1, 0.15) is 5.75 Å². The van der Waals surface area contributed by atoms with Crippen LogP contribution in [-0.4, -0.2) is 33.9 Å². The summed E-state index contributed by atoms with van der Waals surface area (Å²) in [4.78, 5) is 40.9. The number of nitro groups is 1. The molecule has 0 atom stereocenters. The first-order valence-electron chi connectivity index (χ1n) is 11.8. The molecular formula is C28H26N4O6. The number of nitrogens with zero attached hydrogens (tertiary/aromatic N) is 4. The summed E-state index contributed by atoms with van der Waals surface area (Å²) in [7, 11) is 1.61. The van der Waals surface area contributed by atoms with Crippen LogP contribution in [0.3, 0.4) is 0 Å². The molecule has 0 radical (unpaired) electrons. The number of fused-ring (bicyclic) bond motifs is 1. The summed E-state index contributed by atoms with van der Waals surface area (Å²) >= 11 is 0. The molecule has 4 rings (SSSR count). The highest BCUT2D eigenvalue weighted by Gasteiger charge is 2.21. The predicted octanol–water partition coefficient (Wildman–Crippen LogP) is 5.22. The van der Waals surface area contributed by atoms with E-state index in [1.54, 1.807) is 31.4 Å². The summed E-state index contributed by atoms with van der Waals surface area (Å²) < 4.78 is 11.9. The van der Waals surface area contributed by atoms with Crippen molar-refractivity contribution in [3.8, 4) is 22.9 Å². The Bertz CT molecular complexity index is 1660. The molecule has 0 aliphatic heterocycles. The fourth-order valence-electron chi connectivity index (χ4n) is 4.13. The van der Waals surface area contributed by atoms with Crippen LogP contribution in [0.1, 0.15) is 43.4 Å². The quantitative estimate of drug-likeness (QED) is 0.109. The van der Waals surface area contributed by atoms with Gasteiger partial charge in [-0.2, -0.15) is 9.78 Å². The molecule has 0 unspecified atom stereocenters.